The van der Waals surface area contributed by atoms with Gasteiger partial charge in [0.05, 0.1) is 0 Å². The lowest BCUT2D eigenvalue weighted by Crippen LogP contribution is -2.12. The molecule has 0 aliphatic rings. The fourth-order valence-corrected chi connectivity index (χ4v) is 0.357. The van der Waals surface area contributed by atoms with Crippen LogP contribution in [0, 0.1) is 0 Å². The van der Waals surface area contributed by atoms with Crippen molar-refractivity contribution in [3.63, 3.8) is 0 Å². The Balaban J connectivity index is 0. The van der Waals surface area contributed by atoms with Gasteiger partial charge in [-0.05, 0) is 6.42 Å². The number of rotatable bonds is 2. The number of carboxylic acid groups (broad SMARTS) is 1. The lowest BCUT2D eigenvalue weighted by atomic mass is 10.3. The van der Waals surface area contributed by atoms with E-state index < -0.39 is 17.2 Å². The smallest absolute Gasteiger partial charge is 0.300 e. The number of thiol groups is 1. The van der Waals surface area contributed by atoms with Gasteiger partial charge >= 0.3 is 0 Å². The zero-order chi connectivity index (χ0) is 9.44. The fourth-order valence-electron chi connectivity index (χ4n) is 0.175. The van der Waals surface area contributed by atoms with Gasteiger partial charge < -0.3 is 10.2 Å². The summed E-state index contributed by atoms with van der Waals surface area (Å²) >= 11 is 3.38. The highest BCUT2D eigenvalue weighted by molar-refractivity contribution is 7.96. The Morgan fingerprint density at radius 1 is 1.55 bits per heavy atom. The number of aliphatic carboxylic acids is 1. The third kappa shape index (κ3) is 17.7. The molecule has 0 amide bonds. The monoisotopic (exact) mass is 180 g/mol. The maximum absolute atomic E-state index is 9.99. The van der Waals surface area contributed by atoms with Gasteiger partial charge in [-0.3, -0.25) is 9.59 Å². The van der Waals surface area contributed by atoms with Gasteiger partial charge in [-0.15, -0.1) is 12.6 Å². The van der Waals surface area contributed by atoms with Crippen LogP contribution in [0.25, 0.3) is 0 Å². The minimum atomic E-state index is -0.872. The summed E-state index contributed by atoms with van der Waals surface area (Å²) in [5, 5.41) is 15.5. The average molecular weight is 180 g/mol. The normalized spacial score (nSPS) is 10.9. The number of aliphatic hydroxyl groups excluding tert-OH is 1. The predicted octanol–water partition coefficient (Wildman–Crippen LogP) is 0.305. The first kappa shape index (κ1) is 13.1. The molecule has 5 heteroatoms. The number of carboxylic acids is 1. The van der Waals surface area contributed by atoms with Crippen molar-refractivity contribution in [2.45, 2.75) is 26.4 Å². The van der Waals surface area contributed by atoms with Crippen molar-refractivity contribution in [1.82, 2.24) is 0 Å². The summed E-state index contributed by atoms with van der Waals surface area (Å²) in [4.78, 5) is 19.0. The van der Waals surface area contributed by atoms with E-state index in [0.717, 1.165) is 6.92 Å². The summed E-state index contributed by atoms with van der Waals surface area (Å²) in [6.07, 6.45) is -0.425. The summed E-state index contributed by atoms with van der Waals surface area (Å²) in [6, 6.07) is 0. The van der Waals surface area contributed by atoms with Crippen molar-refractivity contribution in [2.24, 2.45) is 0 Å². The molecule has 1 unspecified atom stereocenters. The highest BCUT2D eigenvalue weighted by Crippen LogP contribution is 1.93. The van der Waals surface area contributed by atoms with Crippen molar-refractivity contribution in [3.8, 4) is 0 Å². The molecular weight excluding hydrogens is 168 g/mol. The number of aliphatic hydroxyl groups is 1. The van der Waals surface area contributed by atoms with Crippen LogP contribution in [0.4, 0.5) is 0 Å². The number of hydrogen-bond donors (Lipinski definition) is 3. The van der Waals surface area contributed by atoms with Crippen LogP contribution in [0.1, 0.15) is 20.3 Å². The minimum Gasteiger partial charge on any atom is -0.481 e. The third-order valence-electron chi connectivity index (χ3n) is 0.672. The van der Waals surface area contributed by atoms with Crippen LogP contribution in [-0.2, 0) is 9.59 Å². The van der Waals surface area contributed by atoms with E-state index in [0.29, 0.717) is 6.42 Å². The van der Waals surface area contributed by atoms with Gasteiger partial charge in [0.15, 0.2) is 0 Å². The zero-order valence-corrected chi connectivity index (χ0v) is 7.34. The lowest BCUT2D eigenvalue weighted by Gasteiger charge is -1.96. The summed E-state index contributed by atoms with van der Waals surface area (Å²) in [6.45, 7) is 2.80. The summed E-state index contributed by atoms with van der Waals surface area (Å²) in [5.74, 6) is -0.833. The molecule has 0 heterocycles. The fraction of sp³-hybridized carbons (Fsp3) is 0.667. The minimum absolute atomic E-state index is 0.447. The second-order valence-electron chi connectivity index (χ2n) is 1.78. The van der Waals surface area contributed by atoms with E-state index in [1.54, 1.807) is 6.92 Å². The molecular formula is C6H12O4S. The van der Waals surface area contributed by atoms with Gasteiger partial charge in [-0.2, -0.15) is 0 Å². The quantitative estimate of drug-likeness (QED) is 0.534. The Kier molecular flexibility index (Phi) is 8.98. The highest BCUT2D eigenvalue weighted by atomic mass is 32.1. The zero-order valence-electron chi connectivity index (χ0n) is 6.44. The summed E-state index contributed by atoms with van der Waals surface area (Å²) in [5.41, 5.74) is 0. The molecule has 1 atom stereocenters. The molecule has 0 aliphatic heterocycles. The van der Waals surface area contributed by atoms with E-state index in [4.69, 9.17) is 15.0 Å². The molecule has 0 rings (SSSR count). The van der Waals surface area contributed by atoms with Crippen molar-refractivity contribution in [2.75, 3.05) is 0 Å². The second-order valence-corrected chi connectivity index (χ2v) is 2.22. The molecule has 0 saturated carbocycles. The van der Waals surface area contributed by atoms with Crippen LogP contribution in [0.3, 0.4) is 0 Å². The van der Waals surface area contributed by atoms with Gasteiger partial charge in [0.25, 0.3) is 5.97 Å². The molecule has 0 bridgehead atoms. The topological polar surface area (TPSA) is 74.6 Å². The van der Waals surface area contributed by atoms with E-state index in [-0.39, 0.29) is 0 Å². The Morgan fingerprint density at radius 2 is 1.82 bits per heavy atom. The summed E-state index contributed by atoms with van der Waals surface area (Å²) in [7, 11) is 0. The van der Waals surface area contributed by atoms with Crippen molar-refractivity contribution in [1.29, 1.82) is 0 Å². The molecule has 0 fully saturated rings. The Hall–Kier alpha value is -0.550. The van der Waals surface area contributed by atoms with Crippen molar-refractivity contribution < 1.29 is 19.8 Å². The predicted molar refractivity (Wildman–Crippen MR) is 43.6 cm³/mol. The molecule has 0 spiro atoms. The Labute approximate surface area is 70.6 Å². The molecule has 0 aromatic rings. The van der Waals surface area contributed by atoms with Gasteiger partial charge in [0.2, 0.25) is 5.12 Å². The molecule has 11 heavy (non-hydrogen) atoms. The highest BCUT2D eigenvalue weighted by Gasteiger charge is 2.04. The molecule has 0 aromatic heterocycles. The van der Waals surface area contributed by atoms with Crippen molar-refractivity contribution >= 4 is 23.7 Å². The first-order valence-corrected chi connectivity index (χ1v) is 3.46. The maximum Gasteiger partial charge on any atom is 0.300 e. The van der Waals surface area contributed by atoms with E-state index in [1.165, 1.54) is 0 Å². The molecule has 66 valence electrons. The number of carbonyl (C=O) groups is 2. The largest absolute Gasteiger partial charge is 0.481 e. The standard InChI is InChI=1S/C4H8O2S.C2H4O2/c1-2-3(5)4(6)7;1-2(3)4/h3,5H,2H2,1H3,(H,6,7);1H3,(H,3,4). The molecule has 0 saturated heterocycles. The maximum atomic E-state index is 9.99. The van der Waals surface area contributed by atoms with Gasteiger partial charge in [0.1, 0.15) is 6.10 Å². The molecule has 2 N–H and O–H groups in total. The second kappa shape index (κ2) is 7.56. The first-order valence-electron chi connectivity index (χ1n) is 3.02. The number of hydrogen-bond acceptors (Lipinski definition) is 3. The van der Waals surface area contributed by atoms with Gasteiger partial charge in [0, 0.05) is 6.92 Å². The van der Waals surface area contributed by atoms with Crippen LogP contribution < -0.4 is 0 Å². The molecule has 4 nitrogen and oxygen atoms in total. The van der Waals surface area contributed by atoms with E-state index >= 15 is 0 Å². The van der Waals surface area contributed by atoms with Gasteiger partial charge in [-0.1, -0.05) is 6.92 Å². The average Bonchev–Trinajstić information content (AvgIpc) is 1.85. The molecule has 0 aliphatic carbocycles. The Morgan fingerprint density at radius 3 is 1.82 bits per heavy atom. The molecule has 0 radical (unpaired) electrons. The van der Waals surface area contributed by atoms with Crippen LogP contribution in [0.2, 0.25) is 0 Å². The van der Waals surface area contributed by atoms with Crippen LogP contribution in [-0.4, -0.2) is 27.4 Å². The van der Waals surface area contributed by atoms with Gasteiger partial charge in [-0.25, -0.2) is 0 Å². The van der Waals surface area contributed by atoms with Crippen LogP contribution in [0.15, 0.2) is 0 Å². The third-order valence-corrected chi connectivity index (χ3v) is 0.970. The van der Waals surface area contributed by atoms with E-state index in [9.17, 15) is 4.79 Å². The van der Waals surface area contributed by atoms with Crippen LogP contribution in [0.5, 0.6) is 0 Å². The molecule has 0 aromatic carbocycles. The van der Waals surface area contributed by atoms with Crippen LogP contribution >= 0.6 is 12.6 Å². The lowest BCUT2D eigenvalue weighted by molar-refractivity contribution is -0.134. The SMILES string of the molecule is CC(=O)O.CCC(O)C(=O)S. The number of carbonyl (C=O) groups excluding carboxylic acids is 1. The summed E-state index contributed by atoms with van der Waals surface area (Å²) < 4.78 is 0. The first-order chi connectivity index (χ1) is 4.91. The Bertz CT molecular complexity index is 131. The van der Waals surface area contributed by atoms with E-state index in [1.807, 2.05) is 0 Å². The van der Waals surface area contributed by atoms with E-state index in [2.05, 4.69) is 12.6 Å². The van der Waals surface area contributed by atoms with Crippen molar-refractivity contribution in [3.05, 3.63) is 0 Å².